The van der Waals surface area contributed by atoms with Gasteiger partial charge in [0, 0.05) is 18.3 Å². The number of amides is 1. The highest BCUT2D eigenvalue weighted by Gasteiger charge is 2.20. The lowest BCUT2D eigenvalue weighted by atomic mass is 9.98. The van der Waals surface area contributed by atoms with Crippen molar-refractivity contribution < 1.29 is 9.53 Å². The molecule has 1 aromatic carbocycles. The molecule has 1 aliphatic heterocycles. The van der Waals surface area contributed by atoms with E-state index in [9.17, 15) is 4.79 Å². The lowest BCUT2D eigenvalue weighted by molar-refractivity contribution is 0.0525. The van der Waals surface area contributed by atoms with Gasteiger partial charge in [0.25, 0.3) is 0 Å². The zero-order valence-corrected chi connectivity index (χ0v) is 11.8. The molecule has 0 spiro atoms. The summed E-state index contributed by atoms with van der Waals surface area (Å²) in [4.78, 5) is 11.6. The molecule has 0 fully saturated rings. The average Bonchev–Trinajstić information content (AvgIpc) is 2.34. The lowest BCUT2D eigenvalue weighted by Crippen LogP contribution is -2.40. The molecule has 0 aromatic heterocycles. The standard InChI is InChI=1S/C15H22N2O2/c1-15(2,3)19-14(18)16-10-12-9-8-11-6-4-5-7-13(11)17-12/h4-7,12,17H,8-10H2,1-3H3,(H,16,18)/t12-/m1/s1. The molecule has 1 aliphatic rings. The van der Waals surface area contributed by atoms with E-state index in [-0.39, 0.29) is 12.1 Å². The fourth-order valence-electron chi connectivity index (χ4n) is 2.17. The minimum absolute atomic E-state index is 0.266. The highest BCUT2D eigenvalue weighted by molar-refractivity contribution is 5.67. The molecule has 1 atom stereocenters. The highest BCUT2D eigenvalue weighted by Crippen LogP contribution is 2.23. The maximum atomic E-state index is 11.6. The van der Waals surface area contributed by atoms with E-state index in [0.29, 0.717) is 6.54 Å². The smallest absolute Gasteiger partial charge is 0.407 e. The van der Waals surface area contributed by atoms with Crippen LogP contribution < -0.4 is 10.6 Å². The van der Waals surface area contributed by atoms with Crippen LogP contribution in [0.25, 0.3) is 0 Å². The largest absolute Gasteiger partial charge is 0.444 e. The summed E-state index contributed by atoms with van der Waals surface area (Å²) in [5, 5.41) is 6.26. The zero-order chi connectivity index (χ0) is 13.9. The number of hydrogen-bond acceptors (Lipinski definition) is 3. The van der Waals surface area contributed by atoms with Crippen molar-refractivity contribution in [1.29, 1.82) is 0 Å². The van der Waals surface area contributed by atoms with Gasteiger partial charge in [0.05, 0.1) is 0 Å². The molecule has 1 heterocycles. The highest BCUT2D eigenvalue weighted by atomic mass is 16.6. The van der Waals surface area contributed by atoms with E-state index < -0.39 is 5.60 Å². The third-order valence-electron chi connectivity index (χ3n) is 3.03. The number of anilines is 1. The number of nitrogens with one attached hydrogen (secondary N) is 2. The number of ether oxygens (including phenoxy) is 1. The van der Waals surface area contributed by atoms with Gasteiger partial charge in [-0.15, -0.1) is 0 Å². The van der Waals surface area contributed by atoms with Gasteiger partial charge in [0.1, 0.15) is 5.60 Å². The molecule has 19 heavy (non-hydrogen) atoms. The summed E-state index contributed by atoms with van der Waals surface area (Å²) in [5.41, 5.74) is 2.07. The zero-order valence-electron chi connectivity index (χ0n) is 11.8. The third kappa shape index (κ3) is 4.16. The number of benzene rings is 1. The van der Waals surface area contributed by atoms with E-state index in [1.54, 1.807) is 0 Å². The van der Waals surface area contributed by atoms with Crippen molar-refractivity contribution in [1.82, 2.24) is 5.32 Å². The molecule has 0 radical (unpaired) electrons. The van der Waals surface area contributed by atoms with Crippen molar-refractivity contribution in [3.8, 4) is 0 Å². The van der Waals surface area contributed by atoms with E-state index in [1.807, 2.05) is 26.8 Å². The SMILES string of the molecule is CC(C)(C)OC(=O)NC[C@H]1CCc2ccccc2N1. The molecule has 104 valence electrons. The second kappa shape index (κ2) is 5.51. The maximum Gasteiger partial charge on any atom is 0.407 e. The van der Waals surface area contributed by atoms with E-state index in [4.69, 9.17) is 4.74 Å². The molecule has 2 rings (SSSR count). The average molecular weight is 262 g/mol. The third-order valence-corrected chi connectivity index (χ3v) is 3.03. The molecule has 1 aromatic rings. The quantitative estimate of drug-likeness (QED) is 0.861. The minimum atomic E-state index is -0.448. The van der Waals surface area contributed by atoms with Crippen LogP contribution in [-0.2, 0) is 11.2 Å². The van der Waals surface area contributed by atoms with Crippen LogP contribution in [0.4, 0.5) is 10.5 Å². The molecule has 0 bridgehead atoms. The lowest BCUT2D eigenvalue weighted by Gasteiger charge is -2.27. The van der Waals surface area contributed by atoms with Gasteiger partial charge < -0.3 is 15.4 Å². The van der Waals surface area contributed by atoms with Crippen LogP contribution >= 0.6 is 0 Å². The van der Waals surface area contributed by atoms with E-state index in [1.165, 1.54) is 11.3 Å². The van der Waals surface area contributed by atoms with E-state index in [0.717, 1.165) is 12.8 Å². The van der Waals surface area contributed by atoms with Gasteiger partial charge in [-0.05, 0) is 45.2 Å². The first kappa shape index (κ1) is 13.7. The predicted molar refractivity (Wildman–Crippen MR) is 76.4 cm³/mol. The monoisotopic (exact) mass is 262 g/mol. The molecule has 2 N–H and O–H groups in total. The van der Waals surface area contributed by atoms with Gasteiger partial charge in [-0.1, -0.05) is 18.2 Å². The van der Waals surface area contributed by atoms with Crippen LogP contribution in [0.5, 0.6) is 0 Å². The normalized spacial score (nSPS) is 18.2. The van der Waals surface area contributed by atoms with Crippen molar-refractivity contribution in [3.63, 3.8) is 0 Å². The summed E-state index contributed by atoms with van der Waals surface area (Å²) in [7, 11) is 0. The summed E-state index contributed by atoms with van der Waals surface area (Å²) in [6.45, 7) is 6.17. The van der Waals surface area contributed by atoms with Crippen molar-refractivity contribution in [2.75, 3.05) is 11.9 Å². The van der Waals surface area contributed by atoms with Crippen LogP contribution in [0.1, 0.15) is 32.8 Å². The van der Waals surface area contributed by atoms with Gasteiger partial charge >= 0.3 is 6.09 Å². The number of fused-ring (bicyclic) bond motifs is 1. The Hall–Kier alpha value is -1.71. The molecular formula is C15H22N2O2. The topological polar surface area (TPSA) is 50.4 Å². The van der Waals surface area contributed by atoms with Crippen LogP contribution in [0, 0.1) is 0 Å². The van der Waals surface area contributed by atoms with Crippen LogP contribution in [-0.4, -0.2) is 24.3 Å². The Labute approximate surface area is 114 Å². The Kier molecular flexibility index (Phi) is 3.98. The summed E-state index contributed by atoms with van der Waals surface area (Å²) in [6, 6.07) is 8.56. The number of carbonyl (C=O) groups excluding carboxylic acids is 1. The second-order valence-electron chi connectivity index (χ2n) is 5.92. The minimum Gasteiger partial charge on any atom is -0.444 e. The number of aryl methyl sites for hydroxylation is 1. The molecule has 0 saturated heterocycles. The van der Waals surface area contributed by atoms with Crippen molar-refractivity contribution in [3.05, 3.63) is 29.8 Å². The summed E-state index contributed by atoms with van der Waals surface area (Å²) >= 11 is 0. The van der Waals surface area contributed by atoms with E-state index >= 15 is 0 Å². The van der Waals surface area contributed by atoms with Crippen LogP contribution in [0.2, 0.25) is 0 Å². The summed E-state index contributed by atoms with van der Waals surface area (Å²) < 4.78 is 5.22. The predicted octanol–water partition coefficient (Wildman–Crippen LogP) is 2.94. The van der Waals surface area contributed by atoms with Gasteiger partial charge in [-0.2, -0.15) is 0 Å². The Morgan fingerprint density at radius 1 is 1.42 bits per heavy atom. The first-order chi connectivity index (χ1) is 8.94. The van der Waals surface area contributed by atoms with Crippen LogP contribution in [0.3, 0.4) is 0 Å². The maximum absolute atomic E-state index is 11.6. The Bertz CT molecular complexity index is 452. The molecule has 4 nitrogen and oxygen atoms in total. The summed E-state index contributed by atoms with van der Waals surface area (Å²) in [6.07, 6.45) is 1.71. The molecular weight excluding hydrogens is 240 g/mol. The molecule has 0 saturated carbocycles. The van der Waals surface area contributed by atoms with Crippen molar-refractivity contribution in [2.45, 2.75) is 45.3 Å². The number of hydrogen-bond donors (Lipinski definition) is 2. The molecule has 1 amide bonds. The van der Waals surface area contributed by atoms with Crippen molar-refractivity contribution >= 4 is 11.8 Å². The number of rotatable bonds is 2. The Balaban J connectivity index is 1.81. The Morgan fingerprint density at radius 3 is 2.89 bits per heavy atom. The first-order valence-electron chi connectivity index (χ1n) is 6.75. The number of alkyl carbamates (subject to hydrolysis) is 1. The van der Waals surface area contributed by atoms with E-state index in [2.05, 4.69) is 28.8 Å². The van der Waals surface area contributed by atoms with Crippen LogP contribution in [0.15, 0.2) is 24.3 Å². The number of carbonyl (C=O) groups is 1. The molecule has 4 heteroatoms. The second-order valence-corrected chi connectivity index (χ2v) is 5.92. The van der Waals surface area contributed by atoms with Crippen molar-refractivity contribution in [2.24, 2.45) is 0 Å². The number of para-hydroxylation sites is 1. The van der Waals surface area contributed by atoms with Gasteiger partial charge in [0.2, 0.25) is 0 Å². The fraction of sp³-hybridized carbons (Fsp3) is 0.533. The summed E-state index contributed by atoms with van der Waals surface area (Å²) in [5.74, 6) is 0. The molecule has 0 unspecified atom stereocenters. The van der Waals surface area contributed by atoms with Gasteiger partial charge in [-0.25, -0.2) is 4.79 Å². The van der Waals surface area contributed by atoms with Gasteiger partial charge in [-0.3, -0.25) is 0 Å². The first-order valence-corrected chi connectivity index (χ1v) is 6.75. The Morgan fingerprint density at radius 2 is 2.16 bits per heavy atom. The molecule has 0 aliphatic carbocycles. The fourth-order valence-corrected chi connectivity index (χ4v) is 2.17. The van der Waals surface area contributed by atoms with Gasteiger partial charge in [0.15, 0.2) is 0 Å².